The highest BCUT2D eigenvalue weighted by Crippen LogP contribution is 2.43. The highest BCUT2D eigenvalue weighted by Gasteiger charge is 2.38. The van der Waals surface area contributed by atoms with Crippen LogP contribution in [0, 0.1) is 13.8 Å². The van der Waals surface area contributed by atoms with E-state index >= 15 is 0 Å². The average Bonchev–Trinajstić information content (AvgIpc) is 3.26. The molecule has 1 amide bonds. The van der Waals surface area contributed by atoms with Gasteiger partial charge in [-0.25, -0.2) is 9.67 Å². The summed E-state index contributed by atoms with van der Waals surface area (Å²) < 4.78 is 40.5. The number of rotatable bonds is 4. The molecule has 4 rings (SSSR count). The smallest absolute Gasteiger partial charge is 0.321 e. The van der Waals surface area contributed by atoms with Crippen LogP contribution in [-0.4, -0.2) is 20.7 Å². The molecule has 0 atom stereocenters. The first-order valence-electron chi connectivity index (χ1n) is 8.75. The molecular formula is C19H17F3N4OS. The number of nitrogens with zero attached hydrogens (tertiary/aromatic N) is 3. The number of aromatic nitrogens is 3. The lowest BCUT2D eigenvalue weighted by Crippen LogP contribution is -2.12. The van der Waals surface area contributed by atoms with Gasteiger partial charge in [0, 0.05) is 17.3 Å². The Kier molecular flexibility index (Phi) is 4.49. The molecule has 0 bridgehead atoms. The Balaban J connectivity index is 1.58. The van der Waals surface area contributed by atoms with Crippen molar-refractivity contribution >= 4 is 22.9 Å². The van der Waals surface area contributed by atoms with Crippen LogP contribution in [0.4, 0.5) is 18.9 Å². The van der Waals surface area contributed by atoms with Gasteiger partial charge in [-0.15, -0.1) is 11.3 Å². The van der Waals surface area contributed by atoms with E-state index < -0.39 is 11.9 Å². The molecular weight excluding hydrogens is 389 g/mol. The van der Waals surface area contributed by atoms with Gasteiger partial charge in [0.1, 0.15) is 4.88 Å². The molecule has 146 valence electrons. The summed E-state index contributed by atoms with van der Waals surface area (Å²) in [5.41, 5.74) is 1.43. The maximum absolute atomic E-state index is 13.1. The van der Waals surface area contributed by atoms with Crippen LogP contribution in [0.25, 0.3) is 5.69 Å². The number of aryl methyl sites for hydroxylation is 2. The number of hydrogen-bond acceptors (Lipinski definition) is 4. The van der Waals surface area contributed by atoms with Gasteiger partial charge in [-0.05, 0) is 57.0 Å². The molecule has 0 unspecified atom stereocenters. The van der Waals surface area contributed by atoms with Gasteiger partial charge in [-0.2, -0.15) is 18.3 Å². The molecule has 28 heavy (non-hydrogen) atoms. The minimum atomic E-state index is -4.48. The third-order valence-corrected chi connectivity index (χ3v) is 5.57. The molecule has 0 saturated heterocycles. The van der Waals surface area contributed by atoms with E-state index in [1.807, 2.05) is 6.92 Å². The highest BCUT2D eigenvalue weighted by molar-refractivity contribution is 7.13. The maximum Gasteiger partial charge on any atom is 0.435 e. The second kappa shape index (κ2) is 6.73. The molecule has 9 heteroatoms. The largest absolute Gasteiger partial charge is 0.435 e. The molecule has 1 N–H and O–H groups in total. The van der Waals surface area contributed by atoms with E-state index in [1.165, 1.54) is 16.0 Å². The van der Waals surface area contributed by atoms with Crippen molar-refractivity contribution in [2.75, 3.05) is 5.32 Å². The predicted molar refractivity (Wildman–Crippen MR) is 100 cm³/mol. The van der Waals surface area contributed by atoms with Gasteiger partial charge in [0.2, 0.25) is 0 Å². The van der Waals surface area contributed by atoms with Crippen molar-refractivity contribution < 1.29 is 18.0 Å². The topological polar surface area (TPSA) is 59.8 Å². The molecule has 1 fully saturated rings. The van der Waals surface area contributed by atoms with E-state index in [0.29, 0.717) is 27.6 Å². The normalized spacial score (nSPS) is 14.3. The van der Waals surface area contributed by atoms with E-state index in [4.69, 9.17) is 0 Å². The zero-order chi connectivity index (χ0) is 20.1. The molecule has 1 aliphatic carbocycles. The Morgan fingerprint density at radius 3 is 2.43 bits per heavy atom. The Hall–Kier alpha value is -2.68. The van der Waals surface area contributed by atoms with E-state index in [-0.39, 0.29) is 11.8 Å². The van der Waals surface area contributed by atoms with Crippen molar-refractivity contribution in [3.8, 4) is 5.69 Å². The third-order valence-electron chi connectivity index (χ3n) is 4.50. The second-order valence-corrected chi connectivity index (χ2v) is 7.99. The summed E-state index contributed by atoms with van der Waals surface area (Å²) in [4.78, 5) is 17.2. The minimum absolute atomic E-state index is 0.112. The van der Waals surface area contributed by atoms with Gasteiger partial charge in [0.15, 0.2) is 5.69 Å². The number of nitrogens with one attached hydrogen (secondary N) is 1. The molecule has 0 aliphatic heterocycles. The molecule has 0 radical (unpaired) electrons. The van der Waals surface area contributed by atoms with Gasteiger partial charge < -0.3 is 5.32 Å². The summed E-state index contributed by atoms with van der Waals surface area (Å²) in [5.74, 6) is -0.145. The van der Waals surface area contributed by atoms with Crippen LogP contribution in [0.2, 0.25) is 0 Å². The van der Waals surface area contributed by atoms with Gasteiger partial charge in [0.05, 0.1) is 16.4 Å². The number of amides is 1. The molecule has 1 aromatic carbocycles. The van der Waals surface area contributed by atoms with Crippen molar-refractivity contribution in [3.05, 3.63) is 57.3 Å². The quantitative estimate of drug-likeness (QED) is 0.656. The van der Waals surface area contributed by atoms with Crippen molar-refractivity contribution in [2.24, 2.45) is 0 Å². The molecule has 0 spiro atoms. The molecule has 3 aromatic rings. The summed E-state index contributed by atoms with van der Waals surface area (Å²) in [6, 6.07) is 7.74. The number of alkyl halides is 3. The van der Waals surface area contributed by atoms with Crippen LogP contribution >= 0.6 is 11.3 Å². The molecule has 5 nitrogen and oxygen atoms in total. The first-order chi connectivity index (χ1) is 13.2. The van der Waals surface area contributed by atoms with Gasteiger partial charge >= 0.3 is 6.18 Å². The van der Waals surface area contributed by atoms with Crippen molar-refractivity contribution in [1.29, 1.82) is 0 Å². The molecule has 1 aliphatic rings. The van der Waals surface area contributed by atoms with Crippen LogP contribution < -0.4 is 5.32 Å². The Morgan fingerprint density at radius 2 is 1.89 bits per heavy atom. The zero-order valence-corrected chi connectivity index (χ0v) is 16.0. The predicted octanol–water partition coefficient (Wildman–Crippen LogP) is 5.09. The lowest BCUT2D eigenvalue weighted by Gasteiger charge is -2.09. The summed E-state index contributed by atoms with van der Waals surface area (Å²) >= 11 is 1.32. The average molecular weight is 406 g/mol. The van der Waals surface area contributed by atoms with Crippen LogP contribution in [0.15, 0.2) is 30.3 Å². The first-order valence-corrected chi connectivity index (χ1v) is 9.57. The lowest BCUT2D eigenvalue weighted by molar-refractivity contribution is -0.141. The fourth-order valence-corrected chi connectivity index (χ4v) is 3.84. The van der Waals surface area contributed by atoms with Gasteiger partial charge in [0.25, 0.3) is 5.91 Å². The maximum atomic E-state index is 13.1. The van der Waals surface area contributed by atoms with Crippen LogP contribution in [0.5, 0.6) is 0 Å². The number of hydrogen-bond donors (Lipinski definition) is 1. The highest BCUT2D eigenvalue weighted by atomic mass is 32.1. The first kappa shape index (κ1) is 18.7. The monoisotopic (exact) mass is 406 g/mol. The number of carbonyl (C=O) groups is 1. The van der Waals surface area contributed by atoms with E-state index in [1.54, 1.807) is 31.2 Å². The van der Waals surface area contributed by atoms with Crippen molar-refractivity contribution in [2.45, 2.75) is 38.8 Å². The van der Waals surface area contributed by atoms with Crippen LogP contribution in [0.1, 0.15) is 50.5 Å². The number of benzene rings is 1. The van der Waals surface area contributed by atoms with Gasteiger partial charge in [-0.1, -0.05) is 0 Å². The summed E-state index contributed by atoms with van der Waals surface area (Å²) in [6.07, 6.45) is -2.75. The van der Waals surface area contributed by atoms with Crippen molar-refractivity contribution in [1.82, 2.24) is 14.8 Å². The fourth-order valence-electron chi connectivity index (χ4n) is 3.03. The third kappa shape index (κ3) is 3.66. The van der Waals surface area contributed by atoms with Crippen LogP contribution in [0.3, 0.4) is 0 Å². The summed E-state index contributed by atoms with van der Waals surface area (Å²) in [6.45, 7) is 3.61. The number of halogens is 3. The number of anilines is 1. The lowest BCUT2D eigenvalue weighted by atomic mass is 10.2. The number of thiazole rings is 1. The van der Waals surface area contributed by atoms with Crippen molar-refractivity contribution in [3.63, 3.8) is 0 Å². The molecule has 2 heterocycles. The molecule has 2 aromatic heterocycles. The molecule has 1 saturated carbocycles. The van der Waals surface area contributed by atoms with Gasteiger partial charge in [-0.3, -0.25) is 4.79 Å². The van der Waals surface area contributed by atoms with Crippen LogP contribution in [-0.2, 0) is 6.18 Å². The standard InChI is InChI=1S/C19H17F3N4OS/c1-10-17(28-11(2)23-10)18(27)24-13-5-7-14(8-6-13)26-15(12-3-4-12)9-16(25-26)19(20,21)22/h5-9,12H,3-4H2,1-2H3,(H,24,27). The summed E-state index contributed by atoms with van der Waals surface area (Å²) in [7, 11) is 0. The zero-order valence-electron chi connectivity index (χ0n) is 15.2. The van der Waals surface area contributed by atoms with E-state index in [9.17, 15) is 18.0 Å². The van der Waals surface area contributed by atoms with E-state index in [2.05, 4.69) is 15.4 Å². The Bertz CT molecular complexity index is 1030. The van der Waals surface area contributed by atoms with E-state index in [0.717, 1.165) is 23.9 Å². The Labute approximate surface area is 163 Å². The SMILES string of the molecule is Cc1nc(C)c(C(=O)Nc2ccc(-n3nc(C(F)(F)F)cc3C3CC3)cc2)s1. The Morgan fingerprint density at radius 1 is 1.21 bits per heavy atom. The number of carbonyl (C=O) groups excluding carboxylic acids is 1. The summed E-state index contributed by atoms with van der Waals surface area (Å²) in [5, 5.41) is 7.37. The second-order valence-electron chi connectivity index (χ2n) is 6.79. The fraction of sp³-hybridized carbons (Fsp3) is 0.316. The minimum Gasteiger partial charge on any atom is -0.321 e.